The van der Waals surface area contributed by atoms with Crippen LogP contribution in [0.25, 0.3) is 11.1 Å². The van der Waals surface area contributed by atoms with Crippen molar-refractivity contribution in [2.75, 3.05) is 0 Å². The minimum Gasteiger partial charge on any atom is -0.480 e. The fourth-order valence-electron chi connectivity index (χ4n) is 5.28. The molecule has 3 aliphatic rings. The Morgan fingerprint density at radius 3 is 2.74 bits per heavy atom. The van der Waals surface area contributed by atoms with Crippen molar-refractivity contribution >= 4 is 39.8 Å². The zero-order valence-electron chi connectivity index (χ0n) is 21.2. The van der Waals surface area contributed by atoms with Crippen LogP contribution in [-0.2, 0) is 20.9 Å². The molecule has 0 saturated heterocycles. The third-order valence-corrected chi connectivity index (χ3v) is 9.62. The zero-order chi connectivity index (χ0) is 27.3. The molecule has 2 aliphatic carbocycles. The molecule has 1 fully saturated rings. The number of alkyl carbamates (subject to hydrolysis) is 1. The number of amides is 1. The van der Waals surface area contributed by atoms with Crippen molar-refractivity contribution in [3.05, 3.63) is 87.4 Å². The second-order valence-electron chi connectivity index (χ2n) is 9.89. The van der Waals surface area contributed by atoms with E-state index in [0.29, 0.717) is 6.42 Å². The minimum absolute atomic E-state index is 0.234. The van der Waals surface area contributed by atoms with Gasteiger partial charge in [0.2, 0.25) is 0 Å². The first kappa shape index (κ1) is 25.7. The van der Waals surface area contributed by atoms with Gasteiger partial charge in [0.1, 0.15) is 12.1 Å². The molecule has 0 bridgehead atoms. The van der Waals surface area contributed by atoms with Crippen LogP contribution in [-0.4, -0.2) is 40.4 Å². The van der Waals surface area contributed by atoms with E-state index in [4.69, 9.17) is 9.84 Å². The molecule has 1 spiro atoms. The Morgan fingerprint density at radius 2 is 1.97 bits per heavy atom. The lowest BCUT2D eigenvalue weighted by Crippen LogP contribution is -2.50. The van der Waals surface area contributed by atoms with E-state index >= 15 is 0 Å². The summed E-state index contributed by atoms with van der Waals surface area (Å²) in [6.45, 7) is 3.52. The fraction of sp³-hybridized carbons (Fsp3) is 0.286. The van der Waals surface area contributed by atoms with Crippen LogP contribution < -0.4 is 10.7 Å². The first-order valence-corrected chi connectivity index (χ1v) is 14.4. The molecule has 3 aromatic carbocycles. The SMILES string of the molecule is Cc1cc2c(c(Br)c1SCc1ccccc1)C1(NN=NN1C1CC1OC(=O)N[C@@H](C)C(=O)O)c1ccccc1-2. The molecular formula is C28H26BrN5O4S. The first-order chi connectivity index (χ1) is 18.8. The van der Waals surface area contributed by atoms with Crippen molar-refractivity contribution in [2.24, 2.45) is 10.4 Å². The number of benzene rings is 3. The van der Waals surface area contributed by atoms with E-state index in [1.807, 2.05) is 35.3 Å². The number of rotatable bonds is 7. The number of carbonyl (C=O) groups excluding carboxylic acids is 1. The summed E-state index contributed by atoms with van der Waals surface area (Å²) >= 11 is 5.75. The van der Waals surface area contributed by atoms with Crippen LogP contribution in [0.15, 0.2) is 80.5 Å². The number of halogens is 1. The highest BCUT2D eigenvalue weighted by Gasteiger charge is 2.60. The number of nitrogens with zero attached hydrogens (tertiary/aromatic N) is 3. The highest BCUT2D eigenvalue weighted by molar-refractivity contribution is 9.10. The Hall–Kier alpha value is -3.57. The van der Waals surface area contributed by atoms with Gasteiger partial charge < -0.3 is 15.2 Å². The zero-order valence-corrected chi connectivity index (χ0v) is 23.6. The summed E-state index contributed by atoms with van der Waals surface area (Å²) in [5.74, 6) is -0.302. The van der Waals surface area contributed by atoms with Crippen LogP contribution in [0.1, 0.15) is 35.6 Å². The predicted octanol–water partition coefficient (Wildman–Crippen LogP) is 5.76. The molecule has 9 nitrogen and oxygen atoms in total. The van der Waals surface area contributed by atoms with Crippen LogP contribution in [0.5, 0.6) is 0 Å². The van der Waals surface area contributed by atoms with Gasteiger partial charge in [0.25, 0.3) is 0 Å². The maximum absolute atomic E-state index is 12.3. The number of nitrogens with one attached hydrogen (secondary N) is 2. The van der Waals surface area contributed by atoms with Gasteiger partial charge in [-0.1, -0.05) is 65.0 Å². The molecule has 1 saturated carbocycles. The second-order valence-corrected chi connectivity index (χ2v) is 11.7. The van der Waals surface area contributed by atoms with E-state index in [9.17, 15) is 9.59 Å². The van der Waals surface area contributed by atoms with Gasteiger partial charge in [0.05, 0.1) is 6.04 Å². The molecule has 6 rings (SSSR count). The summed E-state index contributed by atoms with van der Waals surface area (Å²) in [5, 5.41) is 22.1. The Morgan fingerprint density at radius 1 is 1.23 bits per heavy atom. The average molecular weight is 609 g/mol. The van der Waals surface area contributed by atoms with Crippen LogP contribution >= 0.6 is 27.7 Å². The third-order valence-electron chi connectivity index (χ3n) is 7.28. The van der Waals surface area contributed by atoms with E-state index in [-0.39, 0.29) is 6.04 Å². The van der Waals surface area contributed by atoms with Gasteiger partial charge in [-0.05, 0) is 58.1 Å². The Labute approximate surface area is 238 Å². The largest absolute Gasteiger partial charge is 0.480 e. The normalized spacial score (nSPS) is 22.7. The van der Waals surface area contributed by atoms with Crippen LogP contribution in [0.2, 0.25) is 0 Å². The number of carbonyl (C=O) groups is 2. The van der Waals surface area contributed by atoms with E-state index < -0.39 is 29.9 Å². The lowest BCUT2D eigenvalue weighted by Gasteiger charge is -2.35. The Bertz CT molecular complexity index is 1500. The lowest BCUT2D eigenvalue weighted by molar-refractivity contribution is -0.138. The van der Waals surface area contributed by atoms with Crippen molar-refractivity contribution in [1.29, 1.82) is 0 Å². The lowest BCUT2D eigenvalue weighted by atomic mass is 9.96. The number of hydrogen-bond donors (Lipinski definition) is 3. The molecule has 1 aliphatic heterocycles. The standard InChI is InChI=1S/C28H26BrN5O4S/c1-15-12-19-18-10-6-7-11-20(18)28(23(19)24(29)25(15)39-14-17-8-4-3-5-9-17)31-32-33-34(28)21-13-22(21)38-27(37)30-16(2)26(35)36/h3-12,16,21-22H,13-14H2,1-2H3,(H,30,37)(H,31,33)(H,35,36)/t16-,21?,22?,28?/m0/s1. The maximum Gasteiger partial charge on any atom is 0.408 e. The molecule has 0 radical (unpaired) electrons. The van der Waals surface area contributed by atoms with Gasteiger partial charge in [-0.2, -0.15) is 0 Å². The summed E-state index contributed by atoms with van der Waals surface area (Å²) in [6.07, 6.45) is -0.665. The number of ether oxygens (including phenoxy) is 1. The van der Waals surface area contributed by atoms with E-state index in [1.165, 1.54) is 18.1 Å². The van der Waals surface area contributed by atoms with Gasteiger partial charge in [-0.3, -0.25) is 10.2 Å². The number of carboxylic acids is 1. The molecule has 4 atom stereocenters. The smallest absolute Gasteiger partial charge is 0.408 e. The van der Waals surface area contributed by atoms with Crippen molar-refractivity contribution in [1.82, 2.24) is 15.8 Å². The number of aryl methyl sites for hydroxylation is 1. The Balaban J connectivity index is 1.34. The molecule has 1 heterocycles. The number of hydrogen-bond acceptors (Lipinski definition) is 8. The maximum atomic E-state index is 12.3. The topological polar surface area (TPSA) is 116 Å². The Kier molecular flexibility index (Phi) is 6.50. The predicted molar refractivity (Wildman–Crippen MR) is 150 cm³/mol. The van der Waals surface area contributed by atoms with Gasteiger partial charge in [-0.15, -0.1) is 11.8 Å². The van der Waals surface area contributed by atoms with Crippen molar-refractivity contribution in [2.45, 2.75) is 54.8 Å². The summed E-state index contributed by atoms with van der Waals surface area (Å²) < 4.78 is 6.52. The molecule has 3 N–H and O–H groups in total. The highest BCUT2D eigenvalue weighted by Crippen LogP contribution is 2.58. The highest BCUT2D eigenvalue weighted by atomic mass is 79.9. The van der Waals surface area contributed by atoms with E-state index in [2.05, 4.69) is 74.4 Å². The third kappa shape index (κ3) is 4.33. The molecule has 39 heavy (non-hydrogen) atoms. The van der Waals surface area contributed by atoms with Crippen LogP contribution in [0, 0.1) is 6.92 Å². The van der Waals surface area contributed by atoms with E-state index in [1.54, 1.807) is 11.8 Å². The van der Waals surface area contributed by atoms with Gasteiger partial charge in [0, 0.05) is 32.7 Å². The summed E-state index contributed by atoms with van der Waals surface area (Å²) in [4.78, 5) is 24.6. The van der Waals surface area contributed by atoms with Crippen molar-refractivity contribution in [3.63, 3.8) is 0 Å². The summed E-state index contributed by atoms with van der Waals surface area (Å²) in [6, 6.07) is 19.5. The molecule has 3 unspecified atom stereocenters. The molecule has 3 aromatic rings. The number of thioether (sulfide) groups is 1. The molecule has 200 valence electrons. The number of aliphatic carboxylic acids is 1. The second kappa shape index (κ2) is 9.87. The summed E-state index contributed by atoms with van der Waals surface area (Å²) in [5.41, 5.74) is 9.06. The molecule has 0 aromatic heterocycles. The molecular weight excluding hydrogens is 582 g/mol. The fourth-order valence-corrected chi connectivity index (χ4v) is 7.46. The van der Waals surface area contributed by atoms with Crippen molar-refractivity contribution < 1.29 is 19.4 Å². The quantitative estimate of drug-likeness (QED) is 0.292. The van der Waals surface area contributed by atoms with Gasteiger partial charge in [0.15, 0.2) is 5.66 Å². The van der Waals surface area contributed by atoms with Gasteiger partial charge >= 0.3 is 12.1 Å². The first-order valence-electron chi connectivity index (χ1n) is 12.6. The molecule has 11 heteroatoms. The number of carboxylic acid groups (broad SMARTS) is 1. The van der Waals surface area contributed by atoms with E-state index in [0.717, 1.165) is 37.4 Å². The average Bonchev–Trinajstić information content (AvgIpc) is 3.43. The van der Waals surface area contributed by atoms with Gasteiger partial charge in [-0.25, -0.2) is 9.80 Å². The van der Waals surface area contributed by atoms with Crippen LogP contribution in [0.4, 0.5) is 4.79 Å². The minimum atomic E-state index is -1.13. The number of fused-ring (bicyclic) bond motifs is 5. The monoisotopic (exact) mass is 607 g/mol. The summed E-state index contributed by atoms with van der Waals surface area (Å²) in [7, 11) is 0. The van der Waals surface area contributed by atoms with Crippen LogP contribution in [0.3, 0.4) is 0 Å². The molecule has 1 amide bonds. The van der Waals surface area contributed by atoms with Crippen molar-refractivity contribution in [3.8, 4) is 11.1 Å².